The molecule has 0 radical (unpaired) electrons. The Balaban J connectivity index is 3.43. The van der Waals surface area contributed by atoms with Crippen molar-refractivity contribution in [3.8, 4) is 0 Å². The third-order valence-electron chi connectivity index (χ3n) is 4.45. The first-order valence-corrected chi connectivity index (χ1v) is 10.8. The fraction of sp³-hybridized carbons (Fsp3) is 0.458. The molecule has 0 amide bonds. The van der Waals surface area contributed by atoms with E-state index in [0.29, 0.717) is 0 Å². The SMILES string of the molecule is C=CCOCC(Cn1c(=O)n(CC=C)c(=O)n(CC(COCC=C)OCC=C)c1=O)OCC=C. The molecule has 34 heavy (non-hydrogen) atoms. The standard InChI is InChI=1S/C24H35N3O7/c1-6-11-25-22(28)26(16-20(33-14-9-4)18-31-12-7-2)24(30)27(23(25)29)17-21(34-15-10-5)19-32-13-8-3/h6-10,20-21H,1-5,11-19H2. The van der Waals surface area contributed by atoms with E-state index in [1.807, 2.05) is 0 Å². The largest absolute Gasteiger partial charge is 0.375 e. The summed E-state index contributed by atoms with van der Waals surface area (Å²) in [6, 6.07) is 0. The van der Waals surface area contributed by atoms with Crippen LogP contribution in [0, 0.1) is 0 Å². The predicted octanol–water partition coefficient (Wildman–Crippen LogP) is 0.905. The molecule has 0 saturated carbocycles. The molecule has 10 heteroatoms. The Kier molecular flexibility index (Phi) is 14.1. The number of allylic oxidation sites excluding steroid dienone is 1. The summed E-state index contributed by atoms with van der Waals surface area (Å²) in [6.45, 7) is 18.8. The maximum absolute atomic E-state index is 13.3. The summed E-state index contributed by atoms with van der Waals surface area (Å²) < 4.78 is 25.1. The van der Waals surface area contributed by atoms with Crippen LogP contribution in [0.15, 0.2) is 77.7 Å². The van der Waals surface area contributed by atoms with Crippen LogP contribution in [0.3, 0.4) is 0 Å². The van der Waals surface area contributed by atoms with Gasteiger partial charge in [0.1, 0.15) is 0 Å². The van der Waals surface area contributed by atoms with Gasteiger partial charge >= 0.3 is 17.1 Å². The van der Waals surface area contributed by atoms with Crippen molar-refractivity contribution in [1.29, 1.82) is 0 Å². The summed E-state index contributed by atoms with van der Waals surface area (Å²) in [5.41, 5.74) is -2.33. The fourth-order valence-electron chi connectivity index (χ4n) is 2.97. The van der Waals surface area contributed by atoms with Gasteiger partial charge in [-0.15, -0.1) is 32.9 Å². The molecule has 0 fully saturated rings. The number of aromatic nitrogens is 3. The molecule has 1 heterocycles. The van der Waals surface area contributed by atoms with Crippen molar-refractivity contribution >= 4 is 0 Å². The lowest BCUT2D eigenvalue weighted by Crippen LogP contribution is -2.56. The van der Waals surface area contributed by atoms with E-state index in [0.717, 1.165) is 13.7 Å². The van der Waals surface area contributed by atoms with Crippen LogP contribution in [-0.4, -0.2) is 65.6 Å². The highest BCUT2D eigenvalue weighted by molar-refractivity contribution is 4.85. The average Bonchev–Trinajstić information content (AvgIpc) is 2.83. The number of nitrogens with zero attached hydrogens (tertiary/aromatic N) is 3. The summed E-state index contributed by atoms with van der Waals surface area (Å²) in [7, 11) is 0. The van der Waals surface area contributed by atoms with Crippen molar-refractivity contribution in [2.45, 2.75) is 31.8 Å². The van der Waals surface area contributed by atoms with E-state index in [2.05, 4.69) is 32.9 Å². The molecule has 0 aliphatic carbocycles. The topological polar surface area (TPSA) is 103 Å². The van der Waals surface area contributed by atoms with Gasteiger partial charge in [0.15, 0.2) is 0 Å². The summed E-state index contributed by atoms with van der Waals surface area (Å²) in [4.78, 5) is 39.3. The second-order valence-electron chi connectivity index (χ2n) is 7.11. The fourth-order valence-corrected chi connectivity index (χ4v) is 2.97. The first kappa shape index (κ1) is 29.0. The first-order valence-electron chi connectivity index (χ1n) is 10.8. The van der Waals surface area contributed by atoms with Gasteiger partial charge in [0.2, 0.25) is 0 Å². The summed E-state index contributed by atoms with van der Waals surface area (Å²) in [5, 5.41) is 0. The molecule has 188 valence electrons. The van der Waals surface area contributed by atoms with E-state index in [1.54, 1.807) is 24.3 Å². The van der Waals surface area contributed by atoms with E-state index in [-0.39, 0.29) is 59.3 Å². The second-order valence-corrected chi connectivity index (χ2v) is 7.11. The van der Waals surface area contributed by atoms with Crippen molar-refractivity contribution in [3.63, 3.8) is 0 Å². The van der Waals surface area contributed by atoms with E-state index in [4.69, 9.17) is 18.9 Å². The van der Waals surface area contributed by atoms with Gasteiger partial charge in [-0.2, -0.15) is 0 Å². The van der Waals surface area contributed by atoms with Crippen LogP contribution in [0.1, 0.15) is 0 Å². The lowest BCUT2D eigenvalue weighted by molar-refractivity contribution is -0.0127. The molecule has 2 unspecified atom stereocenters. The van der Waals surface area contributed by atoms with Gasteiger partial charge in [-0.05, 0) is 0 Å². The van der Waals surface area contributed by atoms with E-state index in [9.17, 15) is 14.4 Å². The molecule has 0 saturated heterocycles. The Hall–Kier alpha value is -3.05. The Bertz CT molecular complexity index is 920. The zero-order chi connectivity index (χ0) is 25.3. The van der Waals surface area contributed by atoms with Gasteiger partial charge in [-0.1, -0.05) is 30.4 Å². The molecule has 10 nitrogen and oxygen atoms in total. The number of hydrogen-bond donors (Lipinski definition) is 0. The summed E-state index contributed by atoms with van der Waals surface area (Å²) in [6.07, 6.45) is 6.36. The van der Waals surface area contributed by atoms with Crippen LogP contribution >= 0.6 is 0 Å². The van der Waals surface area contributed by atoms with Crippen LogP contribution < -0.4 is 17.1 Å². The van der Waals surface area contributed by atoms with Crippen molar-refractivity contribution < 1.29 is 18.9 Å². The molecule has 0 spiro atoms. The van der Waals surface area contributed by atoms with Crippen LogP contribution in [-0.2, 0) is 38.6 Å². The molecule has 1 aromatic heterocycles. The Labute approximate surface area is 199 Å². The maximum atomic E-state index is 13.3. The molecule has 0 aliphatic rings. The Morgan fingerprint density at radius 3 is 1.32 bits per heavy atom. The zero-order valence-electron chi connectivity index (χ0n) is 19.6. The Morgan fingerprint density at radius 2 is 0.971 bits per heavy atom. The van der Waals surface area contributed by atoms with Crippen molar-refractivity contribution in [1.82, 2.24) is 13.7 Å². The number of rotatable bonds is 20. The maximum Gasteiger partial charge on any atom is 0.336 e. The molecular formula is C24H35N3O7. The molecule has 0 aromatic carbocycles. The highest BCUT2D eigenvalue weighted by Gasteiger charge is 2.21. The van der Waals surface area contributed by atoms with Crippen LogP contribution in [0.2, 0.25) is 0 Å². The normalized spacial score (nSPS) is 12.6. The van der Waals surface area contributed by atoms with Crippen LogP contribution in [0.5, 0.6) is 0 Å². The van der Waals surface area contributed by atoms with Crippen LogP contribution in [0.4, 0.5) is 0 Å². The van der Waals surface area contributed by atoms with Crippen molar-refractivity contribution in [2.75, 3.05) is 39.6 Å². The van der Waals surface area contributed by atoms with Gasteiger partial charge < -0.3 is 18.9 Å². The smallest absolute Gasteiger partial charge is 0.336 e. The van der Waals surface area contributed by atoms with Gasteiger partial charge in [0, 0.05) is 0 Å². The summed E-state index contributed by atoms with van der Waals surface area (Å²) >= 11 is 0. The third-order valence-corrected chi connectivity index (χ3v) is 4.45. The molecule has 0 bridgehead atoms. The zero-order valence-corrected chi connectivity index (χ0v) is 19.6. The van der Waals surface area contributed by atoms with Crippen LogP contribution in [0.25, 0.3) is 0 Å². The summed E-state index contributed by atoms with van der Waals surface area (Å²) in [5.74, 6) is 0. The minimum absolute atomic E-state index is 0.0752. The highest BCUT2D eigenvalue weighted by Crippen LogP contribution is 1.99. The monoisotopic (exact) mass is 477 g/mol. The third kappa shape index (κ3) is 9.06. The first-order chi connectivity index (χ1) is 16.4. The minimum atomic E-state index is -0.790. The van der Waals surface area contributed by atoms with E-state index in [1.165, 1.54) is 6.08 Å². The molecule has 0 N–H and O–H groups in total. The quantitative estimate of drug-likeness (QED) is 0.203. The van der Waals surface area contributed by atoms with E-state index >= 15 is 0 Å². The number of ether oxygens (including phenoxy) is 4. The molecular weight excluding hydrogens is 442 g/mol. The van der Waals surface area contributed by atoms with Gasteiger partial charge in [-0.3, -0.25) is 0 Å². The van der Waals surface area contributed by atoms with Crippen molar-refractivity contribution in [3.05, 3.63) is 94.7 Å². The van der Waals surface area contributed by atoms with E-state index < -0.39 is 29.3 Å². The predicted molar refractivity (Wildman–Crippen MR) is 131 cm³/mol. The molecule has 2 atom stereocenters. The van der Waals surface area contributed by atoms with Gasteiger partial charge in [0.05, 0.1) is 71.5 Å². The van der Waals surface area contributed by atoms with Gasteiger partial charge in [0.25, 0.3) is 0 Å². The minimum Gasteiger partial charge on any atom is -0.375 e. The Morgan fingerprint density at radius 1 is 0.588 bits per heavy atom. The van der Waals surface area contributed by atoms with Crippen molar-refractivity contribution in [2.24, 2.45) is 0 Å². The van der Waals surface area contributed by atoms with Gasteiger partial charge in [-0.25, -0.2) is 28.1 Å². The highest BCUT2D eigenvalue weighted by atomic mass is 16.5. The molecule has 1 rings (SSSR count). The lowest BCUT2D eigenvalue weighted by Gasteiger charge is -2.21. The average molecular weight is 478 g/mol. The lowest BCUT2D eigenvalue weighted by atomic mass is 10.3. The molecule has 0 aliphatic heterocycles. The number of hydrogen-bond acceptors (Lipinski definition) is 7. The molecule has 1 aromatic rings. The second kappa shape index (κ2) is 16.5.